The Hall–Kier alpha value is -3.02. The third-order valence-electron chi connectivity index (χ3n) is 6.29. The fourth-order valence-corrected chi connectivity index (χ4v) is 4.41. The number of anilines is 2. The Bertz CT molecular complexity index is 771. The van der Waals surface area contributed by atoms with Crippen molar-refractivity contribution in [2.75, 3.05) is 62.2 Å². The molecule has 2 aromatic rings. The number of rotatable bonds is 6. The molecule has 31 heavy (non-hydrogen) atoms. The predicted octanol–water partition coefficient (Wildman–Crippen LogP) is 2.85. The van der Waals surface area contributed by atoms with E-state index < -0.39 is 0 Å². The molecule has 6 nitrogen and oxygen atoms in total. The number of piperazine rings is 2. The van der Waals surface area contributed by atoms with Crippen molar-refractivity contribution in [1.82, 2.24) is 9.80 Å². The van der Waals surface area contributed by atoms with Gasteiger partial charge in [-0.2, -0.15) is 0 Å². The zero-order valence-electron chi connectivity index (χ0n) is 18.2. The van der Waals surface area contributed by atoms with E-state index in [4.69, 9.17) is 0 Å². The molecule has 2 aromatic carbocycles. The van der Waals surface area contributed by atoms with Crippen molar-refractivity contribution >= 4 is 23.2 Å². The van der Waals surface area contributed by atoms with E-state index in [1.54, 1.807) is 0 Å². The fraction of sp³-hybridized carbons (Fsp3) is 0.440. The van der Waals surface area contributed by atoms with Crippen LogP contribution < -0.4 is 9.80 Å². The van der Waals surface area contributed by atoms with E-state index >= 15 is 0 Å². The highest BCUT2D eigenvalue weighted by molar-refractivity contribution is 5.79. The Balaban J connectivity index is 1.14. The number of carbonyl (C=O) groups excluding carboxylic acids is 2. The van der Waals surface area contributed by atoms with E-state index in [1.807, 2.05) is 46.2 Å². The zero-order chi connectivity index (χ0) is 21.5. The smallest absolute Gasteiger partial charge is 0.222 e. The van der Waals surface area contributed by atoms with Crippen molar-refractivity contribution in [1.29, 1.82) is 0 Å². The number of para-hydroxylation sites is 2. The summed E-state index contributed by atoms with van der Waals surface area (Å²) in [4.78, 5) is 33.7. The number of nitrogens with zero attached hydrogens (tertiary/aromatic N) is 4. The number of carbonyl (C=O) groups is 2. The molecular formula is C25H32N4O2. The molecule has 0 aliphatic carbocycles. The van der Waals surface area contributed by atoms with E-state index in [1.165, 1.54) is 11.4 Å². The summed E-state index contributed by atoms with van der Waals surface area (Å²) in [6.07, 6.45) is 1.55. The van der Waals surface area contributed by atoms with Gasteiger partial charge in [0, 0.05) is 76.6 Å². The summed E-state index contributed by atoms with van der Waals surface area (Å²) in [6, 6.07) is 20.7. The van der Waals surface area contributed by atoms with Crippen LogP contribution in [-0.4, -0.2) is 74.0 Å². The SMILES string of the molecule is O=C(CCCC(=O)N1CCN(c2ccccc2)CC1)N1CCN(c2ccccc2)CC1. The lowest BCUT2D eigenvalue weighted by Gasteiger charge is -2.36. The lowest BCUT2D eigenvalue weighted by molar-refractivity contribution is -0.133. The van der Waals surface area contributed by atoms with Crippen LogP contribution in [0.3, 0.4) is 0 Å². The van der Waals surface area contributed by atoms with Gasteiger partial charge < -0.3 is 19.6 Å². The van der Waals surface area contributed by atoms with Crippen LogP contribution in [-0.2, 0) is 9.59 Å². The Morgan fingerprint density at radius 3 is 1.26 bits per heavy atom. The summed E-state index contributed by atoms with van der Waals surface area (Å²) in [5.41, 5.74) is 2.43. The molecule has 164 valence electrons. The lowest BCUT2D eigenvalue weighted by Crippen LogP contribution is -2.49. The lowest BCUT2D eigenvalue weighted by atomic mass is 10.1. The molecule has 0 spiro atoms. The summed E-state index contributed by atoms with van der Waals surface area (Å²) in [5, 5.41) is 0. The topological polar surface area (TPSA) is 47.1 Å². The van der Waals surface area contributed by atoms with Gasteiger partial charge in [-0.25, -0.2) is 0 Å². The van der Waals surface area contributed by atoms with Crippen LogP contribution in [0.25, 0.3) is 0 Å². The molecule has 2 amide bonds. The van der Waals surface area contributed by atoms with Crippen LogP contribution in [0.2, 0.25) is 0 Å². The molecule has 0 atom stereocenters. The minimum atomic E-state index is 0.175. The summed E-state index contributed by atoms with van der Waals surface area (Å²) < 4.78 is 0. The van der Waals surface area contributed by atoms with E-state index in [-0.39, 0.29) is 11.8 Å². The number of hydrogen-bond acceptors (Lipinski definition) is 4. The van der Waals surface area contributed by atoms with Crippen LogP contribution in [0.4, 0.5) is 11.4 Å². The average molecular weight is 421 g/mol. The minimum absolute atomic E-state index is 0.175. The van der Waals surface area contributed by atoms with Crippen LogP contribution in [0, 0.1) is 0 Å². The van der Waals surface area contributed by atoms with E-state index in [0.717, 1.165) is 52.4 Å². The van der Waals surface area contributed by atoms with Gasteiger partial charge in [0.05, 0.1) is 0 Å². The molecule has 2 fully saturated rings. The van der Waals surface area contributed by atoms with Crippen molar-refractivity contribution in [2.24, 2.45) is 0 Å². The van der Waals surface area contributed by atoms with Crippen molar-refractivity contribution < 1.29 is 9.59 Å². The molecule has 2 aliphatic rings. The van der Waals surface area contributed by atoms with Crippen LogP contribution in [0.1, 0.15) is 19.3 Å². The number of hydrogen-bond donors (Lipinski definition) is 0. The molecule has 0 saturated carbocycles. The zero-order valence-corrected chi connectivity index (χ0v) is 18.2. The van der Waals surface area contributed by atoms with Gasteiger partial charge >= 0.3 is 0 Å². The second-order valence-electron chi connectivity index (χ2n) is 8.26. The Kier molecular flexibility index (Phi) is 7.07. The molecule has 0 bridgehead atoms. The van der Waals surface area contributed by atoms with Gasteiger partial charge in [-0.05, 0) is 30.7 Å². The van der Waals surface area contributed by atoms with Gasteiger partial charge in [0.25, 0.3) is 0 Å². The fourth-order valence-electron chi connectivity index (χ4n) is 4.41. The maximum Gasteiger partial charge on any atom is 0.222 e. The second-order valence-corrected chi connectivity index (χ2v) is 8.26. The van der Waals surface area contributed by atoms with E-state index in [9.17, 15) is 9.59 Å². The minimum Gasteiger partial charge on any atom is -0.368 e. The number of benzene rings is 2. The average Bonchev–Trinajstić information content (AvgIpc) is 2.85. The third-order valence-corrected chi connectivity index (χ3v) is 6.29. The Morgan fingerprint density at radius 1 is 0.548 bits per heavy atom. The molecule has 2 saturated heterocycles. The molecule has 0 aromatic heterocycles. The predicted molar refractivity (Wildman–Crippen MR) is 124 cm³/mol. The highest BCUT2D eigenvalue weighted by Crippen LogP contribution is 2.18. The molecule has 0 N–H and O–H groups in total. The molecule has 2 heterocycles. The van der Waals surface area contributed by atoms with Crippen LogP contribution >= 0.6 is 0 Å². The first-order valence-electron chi connectivity index (χ1n) is 11.4. The highest BCUT2D eigenvalue weighted by Gasteiger charge is 2.23. The molecule has 2 aliphatic heterocycles. The molecule has 6 heteroatoms. The van der Waals surface area contributed by atoms with Gasteiger partial charge in [-0.1, -0.05) is 36.4 Å². The summed E-state index contributed by atoms with van der Waals surface area (Å²) in [7, 11) is 0. The largest absolute Gasteiger partial charge is 0.368 e. The van der Waals surface area contributed by atoms with Gasteiger partial charge in [-0.15, -0.1) is 0 Å². The van der Waals surface area contributed by atoms with Crippen molar-refractivity contribution in [3.63, 3.8) is 0 Å². The molecule has 0 unspecified atom stereocenters. The normalized spacial score (nSPS) is 17.0. The van der Waals surface area contributed by atoms with Crippen LogP contribution in [0.5, 0.6) is 0 Å². The summed E-state index contributed by atoms with van der Waals surface area (Å²) in [6.45, 7) is 6.46. The summed E-state index contributed by atoms with van der Waals surface area (Å²) >= 11 is 0. The van der Waals surface area contributed by atoms with Crippen molar-refractivity contribution in [2.45, 2.75) is 19.3 Å². The van der Waals surface area contributed by atoms with Crippen molar-refractivity contribution in [3.8, 4) is 0 Å². The van der Waals surface area contributed by atoms with Gasteiger partial charge in [0.15, 0.2) is 0 Å². The monoisotopic (exact) mass is 420 g/mol. The third kappa shape index (κ3) is 5.57. The molecular weight excluding hydrogens is 388 g/mol. The van der Waals surface area contributed by atoms with Gasteiger partial charge in [0.2, 0.25) is 11.8 Å². The van der Waals surface area contributed by atoms with Gasteiger partial charge in [-0.3, -0.25) is 9.59 Å². The van der Waals surface area contributed by atoms with Gasteiger partial charge in [0.1, 0.15) is 0 Å². The maximum absolute atomic E-state index is 12.6. The first-order valence-corrected chi connectivity index (χ1v) is 11.4. The second kappa shape index (κ2) is 10.3. The maximum atomic E-state index is 12.6. The highest BCUT2D eigenvalue weighted by atomic mass is 16.2. The molecule has 4 rings (SSSR count). The Labute approximate surface area is 185 Å². The first kappa shape index (κ1) is 21.2. The van der Waals surface area contributed by atoms with E-state index in [0.29, 0.717) is 19.3 Å². The number of amides is 2. The van der Waals surface area contributed by atoms with Crippen LogP contribution in [0.15, 0.2) is 60.7 Å². The standard InChI is InChI=1S/C25H32N4O2/c30-24(28-18-14-26(15-19-28)22-8-3-1-4-9-22)12-7-13-25(31)29-20-16-27(17-21-29)23-10-5-2-6-11-23/h1-6,8-11H,7,12-21H2. The quantitative estimate of drug-likeness (QED) is 0.721. The summed E-state index contributed by atoms with van der Waals surface area (Å²) in [5.74, 6) is 0.351. The Morgan fingerprint density at radius 2 is 0.903 bits per heavy atom. The molecule has 0 radical (unpaired) electrons. The van der Waals surface area contributed by atoms with Crippen molar-refractivity contribution in [3.05, 3.63) is 60.7 Å². The van der Waals surface area contributed by atoms with E-state index in [2.05, 4.69) is 34.1 Å². The first-order chi connectivity index (χ1) is 15.2.